The van der Waals surface area contributed by atoms with Crippen molar-refractivity contribution in [2.45, 2.75) is 63.1 Å². The summed E-state index contributed by atoms with van der Waals surface area (Å²) >= 11 is 0. The molecule has 144 valence electrons. The fourth-order valence-electron chi connectivity index (χ4n) is 3.92. The van der Waals surface area contributed by atoms with Crippen molar-refractivity contribution in [3.05, 3.63) is 11.8 Å². The van der Waals surface area contributed by atoms with Gasteiger partial charge < -0.3 is 26.2 Å². The first-order chi connectivity index (χ1) is 12.5. The molecule has 1 unspecified atom stereocenters. The van der Waals surface area contributed by atoms with E-state index in [0.717, 1.165) is 45.1 Å². The molecule has 26 heavy (non-hydrogen) atoms. The van der Waals surface area contributed by atoms with Gasteiger partial charge in [-0.3, -0.25) is 4.79 Å². The second-order valence-electron chi connectivity index (χ2n) is 7.45. The fourth-order valence-corrected chi connectivity index (χ4v) is 3.92. The maximum atomic E-state index is 11.7. The summed E-state index contributed by atoms with van der Waals surface area (Å²) in [5.74, 6) is 1.02. The molecule has 0 bridgehead atoms. The first-order valence-corrected chi connectivity index (χ1v) is 9.42. The molecule has 0 spiro atoms. The van der Waals surface area contributed by atoms with Crippen molar-refractivity contribution in [3.8, 4) is 0 Å². The molecule has 5 N–H and O–H groups in total. The molecule has 2 aliphatic carbocycles. The Morgan fingerprint density at radius 1 is 1.23 bits per heavy atom. The topological polar surface area (TPSA) is 122 Å². The molecule has 8 heteroatoms. The minimum absolute atomic E-state index is 0.154. The summed E-state index contributed by atoms with van der Waals surface area (Å²) in [5, 5.41) is 16.3. The third kappa shape index (κ3) is 4.82. The Hall–Kier alpha value is -1.93. The van der Waals surface area contributed by atoms with Gasteiger partial charge in [-0.1, -0.05) is 0 Å². The summed E-state index contributed by atoms with van der Waals surface area (Å²) in [6.07, 6.45) is 7.76. The van der Waals surface area contributed by atoms with Gasteiger partial charge >= 0.3 is 0 Å². The van der Waals surface area contributed by atoms with E-state index in [1.807, 2.05) is 0 Å². The number of anilines is 2. The minimum Gasteiger partial charge on any atom is -0.393 e. The number of ether oxygens (including phenoxy) is 1. The van der Waals surface area contributed by atoms with Gasteiger partial charge in [0.2, 0.25) is 5.95 Å². The molecule has 2 aliphatic rings. The molecule has 2 fully saturated rings. The van der Waals surface area contributed by atoms with E-state index in [2.05, 4.69) is 20.6 Å². The van der Waals surface area contributed by atoms with Crippen LogP contribution in [-0.2, 0) is 4.74 Å². The smallest absolute Gasteiger partial charge is 0.254 e. The number of primary amides is 1. The number of aliphatic hydroxyl groups is 1. The Balaban J connectivity index is 1.66. The Morgan fingerprint density at radius 2 is 1.96 bits per heavy atom. The van der Waals surface area contributed by atoms with E-state index in [0.29, 0.717) is 29.7 Å². The predicted octanol–water partition coefficient (Wildman–Crippen LogP) is 1.52. The van der Waals surface area contributed by atoms with Crippen LogP contribution < -0.4 is 16.4 Å². The SMILES string of the molecule is COC[C@H]1CC[C@@H](Nc2nc(N[C@H]3CCC(O)C3)ncc2C(N)=O)CC1. The largest absolute Gasteiger partial charge is 0.393 e. The van der Waals surface area contributed by atoms with Crippen LogP contribution in [0.4, 0.5) is 11.8 Å². The molecule has 1 aromatic rings. The summed E-state index contributed by atoms with van der Waals surface area (Å²) < 4.78 is 5.24. The van der Waals surface area contributed by atoms with Crippen molar-refractivity contribution in [1.29, 1.82) is 0 Å². The molecule has 3 rings (SSSR count). The predicted molar refractivity (Wildman–Crippen MR) is 99.1 cm³/mol. The van der Waals surface area contributed by atoms with Crippen molar-refractivity contribution in [1.82, 2.24) is 9.97 Å². The van der Waals surface area contributed by atoms with Gasteiger partial charge in [-0.15, -0.1) is 0 Å². The van der Waals surface area contributed by atoms with E-state index < -0.39 is 5.91 Å². The lowest BCUT2D eigenvalue weighted by Gasteiger charge is -2.29. The van der Waals surface area contributed by atoms with E-state index in [1.165, 1.54) is 6.20 Å². The number of hydrogen-bond acceptors (Lipinski definition) is 7. The highest BCUT2D eigenvalue weighted by Crippen LogP contribution is 2.28. The highest BCUT2D eigenvalue weighted by molar-refractivity contribution is 5.97. The highest BCUT2D eigenvalue weighted by atomic mass is 16.5. The summed E-state index contributed by atoms with van der Waals surface area (Å²) in [7, 11) is 1.74. The molecule has 1 heterocycles. The lowest BCUT2D eigenvalue weighted by molar-refractivity contribution is 0.100. The van der Waals surface area contributed by atoms with E-state index in [-0.39, 0.29) is 18.2 Å². The Labute approximate surface area is 153 Å². The third-order valence-electron chi connectivity index (χ3n) is 5.38. The zero-order valence-electron chi connectivity index (χ0n) is 15.3. The average Bonchev–Trinajstić information content (AvgIpc) is 3.02. The van der Waals surface area contributed by atoms with Gasteiger partial charge in [0.1, 0.15) is 5.82 Å². The van der Waals surface area contributed by atoms with Crippen LogP contribution in [0.25, 0.3) is 0 Å². The quantitative estimate of drug-likeness (QED) is 0.579. The number of nitrogens with two attached hydrogens (primary N) is 1. The van der Waals surface area contributed by atoms with E-state index in [4.69, 9.17) is 10.5 Å². The van der Waals surface area contributed by atoms with Crippen molar-refractivity contribution in [2.24, 2.45) is 11.7 Å². The first-order valence-electron chi connectivity index (χ1n) is 9.42. The van der Waals surface area contributed by atoms with Crippen LogP contribution in [0.5, 0.6) is 0 Å². The standard InChI is InChI=1S/C18H29N5O3/c1-26-10-11-2-4-12(5-3-11)21-17-15(16(19)25)9-20-18(23-17)22-13-6-7-14(24)8-13/h9,11-14,24H,2-8,10H2,1H3,(H2,19,25)(H2,20,21,22,23)/t11-,12+,13-,14?/m0/s1. The van der Waals surface area contributed by atoms with Gasteiger partial charge in [-0.05, 0) is 50.9 Å². The van der Waals surface area contributed by atoms with E-state index >= 15 is 0 Å². The third-order valence-corrected chi connectivity index (χ3v) is 5.38. The molecule has 1 aromatic heterocycles. The molecule has 0 radical (unpaired) electrons. The van der Waals surface area contributed by atoms with Gasteiger partial charge in [-0.2, -0.15) is 4.98 Å². The van der Waals surface area contributed by atoms with Crippen LogP contribution in [0.3, 0.4) is 0 Å². The lowest BCUT2D eigenvalue weighted by Crippen LogP contribution is -2.30. The number of amides is 1. The zero-order valence-corrected chi connectivity index (χ0v) is 15.3. The maximum absolute atomic E-state index is 11.7. The van der Waals surface area contributed by atoms with Crippen molar-refractivity contribution in [3.63, 3.8) is 0 Å². The second kappa shape index (κ2) is 8.64. The number of nitrogens with one attached hydrogen (secondary N) is 2. The van der Waals surface area contributed by atoms with E-state index in [9.17, 15) is 9.90 Å². The van der Waals surface area contributed by atoms with Crippen molar-refractivity contribution in [2.75, 3.05) is 24.4 Å². The fraction of sp³-hybridized carbons (Fsp3) is 0.722. The Morgan fingerprint density at radius 3 is 2.58 bits per heavy atom. The maximum Gasteiger partial charge on any atom is 0.254 e. The van der Waals surface area contributed by atoms with Crippen LogP contribution in [0.15, 0.2) is 6.20 Å². The molecule has 1 amide bonds. The monoisotopic (exact) mass is 363 g/mol. The highest BCUT2D eigenvalue weighted by Gasteiger charge is 2.25. The molecule has 0 saturated heterocycles. The molecule has 0 aromatic carbocycles. The van der Waals surface area contributed by atoms with Gasteiger partial charge in [0, 0.05) is 32.0 Å². The lowest BCUT2D eigenvalue weighted by atomic mass is 9.86. The number of hydrogen-bond donors (Lipinski definition) is 4. The molecular weight excluding hydrogens is 334 g/mol. The summed E-state index contributed by atoms with van der Waals surface area (Å²) in [6, 6.07) is 0.416. The number of nitrogens with zero attached hydrogens (tertiary/aromatic N) is 2. The average molecular weight is 363 g/mol. The molecule has 2 atom stereocenters. The van der Waals surface area contributed by atoms with Crippen LogP contribution in [0.2, 0.25) is 0 Å². The summed E-state index contributed by atoms with van der Waals surface area (Å²) in [5.41, 5.74) is 5.79. The summed E-state index contributed by atoms with van der Waals surface area (Å²) in [6.45, 7) is 0.800. The van der Waals surface area contributed by atoms with Crippen LogP contribution >= 0.6 is 0 Å². The number of rotatable bonds is 7. The molecule has 2 saturated carbocycles. The first kappa shape index (κ1) is 18.8. The van der Waals surface area contributed by atoms with Gasteiger partial charge in [0.25, 0.3) is 5.91 Å². The minimum atomic E-state index is -0.539. The van der Waals surface area contributed by atoms with Gasteiger partial charge in [0.05, 0.1) is 11.7 Å². The normalized spacial score (nSPS) is 28.7. The Kier molecular flexibility index (Phi) is 6.26. The second-order valence-corrected chi connectivity index (χ2v) is 7.45. The van der Waals surface area contributed by atoms with Crippen LogP contribution in [0, 0.1) is 5.92 Å². The van der Waals surface area contributed by atoms with Gasteiger partial charge in [-0.25, -0.2) is 4.98 Å². The van der Waals surface area contributed by atoms with Crippen molar-refractivity contribution < 1.29 is 14.6 Å². The summed E-state index contributed by atoms with van der Waals surface area (Å²) in [4.78, 5) is 20.4. The van der Waals surface area contributed by atoms with Gasteiger partial charge in [0.15, 0.2) is 0 Å². The van der Waals surface area contributed by atoms with Crippen LogP contribution in [-0.4, -0.2) is 52.9 Å². The number of aromatic nitrogens is 2. The number of methoxy groups -OCH3 is 1. The molecular formula is C18H29N5O3. The molecule has 0 aliphatic heterocycles. The van der Waals surface area contributed by atoms with Crippen molar-refractivity contribution >= 4 is 17.7 Å². The zero-order chi connectivity index (χ0) is 18.5. The number of carbonyl (C=O) groups excluding carboxylic acids is 1. The van der Waals surface area contributed by atoms with E-state index in [1.54, 1.807) is 7.11 Å². The number of carbonyl (C=O) groups is 1. The molecule has 8 nitrogen and oxygen atoms in total. The van der Waals surface area contributed by atoms with Crippen LogP contribution in [0.1, 0.15) is 55.3 Å². The number of aliphatic hydroxyl groups excluding tert-OH is 1. The Bertz CT molecular complexity index is 619.